The van der Waals surface area contributed by atoms with Crippen molar-refractivity contribution in [3.8, 4) is 0 Å². The first kappa shape index (κ1) is 11.9. The van der Waals surface area contributed by atoms with E-state index < -0.39 is 0 Å². The molecule has 3 N–H and O–H groups in total. The molecule has 1 aliphatic rings. The molecule has 1 aromatic rings. The van der Waals surface area contributed by atoms with Crippen LogP contribution >= 0.6 is 0 Å². The van der Waals surface area contributed by atoms with E-state index in [0.29, 0.717) is 24.1 Å². The van der Waals surface area contributed by atoms with Gasteiger partial charge in [-0.15, -0.1) is 0 Å². The molecule has 0 saturated carbocycles. The molecule has 5 nitrogen and oxygen atoms in total. The molecular weight excluding hydrogens is 216 g/mol. The minimum absolute atomic E-state index is 0.0434. The number of piperazine rings is 1. The Hall–Kier alpha value is -1.62. The van der Waals surface area contributed by atoms with E-state index in [1.54, 1.807) is 18.2 Å². The summed E-state index contributed by atoms with van der Waals surface area (Å²) in [5, 5.41) is 3.34. The second-order valence-corrected chi connectivity index (χ2v) is 4.43. The van der Waals surface area contributed by atoms with Crippen LogP contribution in [0.25, 0.3) is 0 Å². The molecule has 1 fully saturated rings. The van der Waals surface area contributed by atoms with Gasteiger partial charge in [0.2, 0.25) is 0 Å². The van der Waals surface area contributed by atoms with Crippen molar-refractivity contribution in [1.82, 2.24) is 15.2 Å². The lowest BCUT2D eigenvalue weighted by Gasteiger charge is -2.38. The molecule has 0 spiro atoms. The number of anilines is 1. The van der Waals surface area contributed by atoms with Crippen molar-refractivity contribution in [2.45, 2.75) is 25.9 Å². The highest BCUT2D eigenvalue weighted by atomic mass is 16.2. The van der Waals surface area contributed by atoms with Crippen molar-refractivity contribution in [2.24, 2.45) is 0 Å². The summed E-state index contributed by atoms with van der Waals surface area (Å²) in [6.07, 6.45) is 0. The Bertz CT molecular complexity index is 421. The maximum atomic E-state index is 12.3. The lowest BCUT2D eigenvalue weighted by atomic mass is 10.1. The van der Waals surface area contributed by atoms with Crippen LogP contribution in [0.15, 0.2) is 18.2 Å². The lowest BCUT2D eigenvalue weighted by molar-refractivity contribution is 0.0597. The zero-order valence-corrected chi connectivity index (χ0v) is 10.2. The molecule has 2 atom stereocenters. The smallest absolute Gasteiger partial charge is 0.272 e. The summed E-state index contributed by atoms with van der Waals surface area (Å²) in [6.45, 7) is 5.65. The lowest BCUT2D eigenvalue weighted by Crippen LogP contribution is -2.57. The number of nitrogens with two attached hydrogens (primary N) is 1. The van der Waals surface area contributed by atoms with Gasteiger partial charge in [0, 0.05) is 25.2 Å². The fraction of sp³-hybridized carbons (Fsp3) is 0.500. The van der Waals surface area contributed by atoms with Crippen LogP contribution in [0.3, 0.4) is 0 Å². The van der Waals surface area contributed by atoms with Crippen molar-refractivity contribution < 1.29 is 4.79 Å². The number of rotatable bonds is 1. The molecule has 0 aromatic carbocycles. The third-order valence-electron chi connectivity index (χ3n) is 3.28. The van der Waals surface area contributed by atoms with Crippen LogP contribution in [0.2, 0.25) is 0 Å². The first-order valence-electron chi connectivity index (χ1n) is 5.86. The van der Waals surface area contributed by atoms with E-state index in [9.17, 15) is 4.79 Å². The standard InChI is InChI=1S/C12H18N4O/c1-8-9(2)16(7-6-14-8)12(17)10-4-3-5-11(13)15-10/h3-5,8-9,14H,6-7H2,1-2H3,(H2,13,15). The predicted octanol–water partition coefficient (Wildman–Crippen LogP) is 0.486. The third-order valence-corrected chi connectivity index (χ3v) is 3.28. The van der Waals surface area contributed by atoms with Crippen LogP contribution in [0, 0.1) is 0 Å². The second kappa shape index (κ2) is 4.71. The van der Waals surface area contributed by atoms with Crippen LogP contribution in [0.1, 0.15) is 24.3 Å². The van der Waals surface area contributed by atoms with Crippen LogP contribution < -0.4 is 11.1 Å². The van der Waals surface area contributed by atoms with Gasteiger partial charge in [0.15, 0.2) is 0 Å². The number of aromatic nitrogens is 1. The maximum Gasteiger partial charge on any atom is 0.272 e. The molecule has 0 radical (unpaired) electrons. The number of hydrogen-bond donors (Lipinski definition) is 2. The molecular formula is C12H18N4O. The van der Waals surface area contributed by atoms with Gasteiger partial charge in [-0.1, -0.05) is 6.07 Å². The van der Waals surface area contributed by atoms with E-state index in [-0.39, 0.29) is 11.9 Å². The summed E-state index contributed by atoms with van der Waals surface area (Å²) in [4.78, 5) is 18.2. The summed E-state index contributed by atoms with van der Waals surface area (Å²) in [6, 6.07) is 5.61. The van der Waals surface area contributed by atoms with Gasteiger partial charge in [0.05, 0.1) is 0 Å². The fourth-order valence-electron chi connectivity index (χ4n) is 2.06. The Labute approximate surface area is 101 Å². The number of pyridine rings is 1. The highest BCUT2D eigenvalue weighted by molar-refractivity contribution is 5.93. The zero-order valence-electron chi connectivity index (χ0n) is 10.2. The summed E-state index contributed by atoms with van der Waals surface area (Å²) >= 11 is 0. The number of carbonyl (C=O) groups excluding carboxylic acids is 1. The van der Waals surface area contributed by atoms with Crippen LogP contribution in [0.4, 0.5) is 5.82 Å². The molecule has 2 rings (SSSR count). The summed E-state index contributed by atoms with van der Waals surface area (Å²) in [5.74, 6) is 0.338. The van der Waals surface area contributed by atoms with Gasteiger partial charge in [0.25, 0.3) is 5.91 Å². The molecule has 2 heterocycles. The average Bonchev–Trinajstić information content (AvgIpc) is 2.32. The third kappa shape index (κ3) is 2.39. The Morgan fingerprint density at radius 2 is 2.29 bits per heavy atom. The maximum absolute atomic E-state index is 12.3. The fourth-order valence-corrected chi connectivity index (χ4v) is 2.06. The van der Waals surface area contributed by atoms with Gasteiger partial charge in [-0.05, 0) is 26.0 Å². The van der Waals surface area contributed by atoms with Crippen LogP contribution in [0.5, 0.6) is 0 Å². The van der Waals surface area contributed by atoms with Crippen molar-refractivity contribution in [3.05, 3.63) is 23.9 Å². The van der Waals surface area contributed by atoms with Crippen molar-refractivity contribution in [1.29, 1.82) is 0 Å². The minimum atomic E-state index is -0.0434. The Kier molecular flexibility index (Phi) is 3.28. The number of nitrogen functional groups attached to an aromatic ring is 1. The van der Waals surface area contributed by atoms with Gasteiger partial charge in [-0.25, -0.2) is 4.98 Å². The van der Waals surface area contributed by atoms with Gasteiger partial charge in [-0.3, -0.25) is 4.79 Å². The monoisotopic (exact) mass is 234 g/mol. The molecule has 2 unspecified atom stereocenters. The molecule has 5 heteroatoms. The van der Waals surface area contributed by atoms with Gasteiger partial charge in [0.1, 0.15) is 11.5 Å². The molecule has 0 aliphatic carbocycles. The van der Waals surface area contributed by atoms with Crippen molar-refractivity contribution >= 4 is 11.7 Å². The van der Waals surface area contributed by atoms with E-state index in [4.69, 9.17) is 5.73 Å². The van der Waals surface area contributed by atoms with Crippen LogP contribution in [-0.2, 0) is 0 Å². The van der Waals surface area contributed by atoms with E-state index in [1.165, 1.54) is 0 Å². The van der Waals surface area contributed by atoms with E-state index in [2.05, 4.69) is 17.2 Å². The second-order valence-electron chi connectivity index (χ2n) is 4.43. The van der Waals surface area contributed by atoms with Crippen molar-refractivity contribution in [2.75, 3.05) is 18.8 Å². The Balaban J connectivity index is 2.19. The molecule has 17 heavy (non-hydrogen) atoms. The first-order valence-corrected chi connectivity index (χ1v) is 5.86. The number of amides is 1. The van der Waals surface area contributed by atoms with Crippen molar-refractivity contribution in [3.63, 3.8) is 0 Å². The van der Waals surface area contributed by atoms with E-state index in [0.717, 1.165) is 6.54 Å². The van der Waals surface area contributed by atoms with Crippen LogP contribution in [-0.4, -0.2) is 41.0 Å². The number of nitrogens with one attached hydrogen (secondary N) is 1. The highest BCUT2D eigenvalue weighted by Gasteiger charge is 2.29. The van der Waals surface area contributed by atoms with Gasteiger partial charge in [-0.2, -0.15) is 0 Å². The highest BCUT2D eigenvalue weighted by Crippen LogP contribution is 2.13. The zero-order chi connectivity index (χ0) is 12.4. The van der Waals surface area contributed by atoms with Gasteiger partial charge < -0.3 is 16.0 Å². The molecule has 1 saturated heterocycles. The van der Waals surface area contributed by atoms with E-state index in [1.807, 2.05) is 11.8 Å². The topological polar surface area (TPSA) is 71.2 Å². The molecule has 1 aliphatic heterocycles. The van der Waals surface area contributed by atoms with Gasteiger partial charge >= 0.3 is 0 Å². The number of carbonyl (C=O) groups is 1. The molecule has 0 bridgehead atoms. The summed E-state index contributed by atoms with van der Waals surface area (Å²) < 4.78 is 0. The van der Waals surface area contributed by atoms with E-state index >= 15 is 0 Å². The Morgan fingerprint density at radius 3 is 3.00 bits per heavy atom. The normalized spacial score (nSPS) is 24.7. The summed E-state index contributed by atoms with van der Waals surface area (Å²) in [5.41, 5.74) is 6.02. The quantitative estimate of drug-likeness (QED) is 0.741. The average molecular weight is 234 g/mol. The molecule has 1 amide bonds. The number of nitrogens with zero attached hydrogens (tertiary/aromatic N) is 2. The largest absolute Gasteiger partial charge is 0.384 e. The summed E-state index contributed by atoms with van der Waals surface area (Å²) in [7, 11) is 0. The molecule has 92 valence electrons. The SMILES string of the molecule is CC1NCCN(C(=O)c2cccc(N)n2)C1C. The first-order chi connectivity index (χ1) is 8.09. The number of hydrogen-bond acceptors (Lipinski definition) is 4. The predicted molar refractivity (Wildman–Crippen MR) is 66.6 cm³/mol. The molecule has 1 aromatic heterocycles. The Morgan fingerprint density at radius 1 is 1.53 bits per heavy atom. The minimum Gasteiger partial charge on any atom is -0.384 e.